The van der Waals surface area contributed by atoms with Gasteiger partial charge in [0.15, 0.2) is 0 Å². The lowest BCUT2D eigenvalue weighted by molar-refractivity contribution is 0.625. The lowest BCUT2D eigenvalue weighted by Gasteiger charge is -2.20. The van der Waals surface area contributed by atoms with Crippen LogP contribution in [0.3, 0.4) is 0 Å². The molecule has 1 unspecified atom stereocenters. The fourth-order valence-corrected chi connectivity index (χ4v) is 3.21. The van der Waals surface area contributed by atoms with E-state index in [9.17, 15) is 4.39 Å². The molecule has 1 atom stereocenters. The lowest BCUT2D eigenvalue weighted by Crippen LogP contribution is -2.05. The summed E-state index contributed by atoms with van der Waals surface area (Å²) in [5, 5.41) is -0.295. The van der Waals surface area contributed by atoms with Crippen LogP contribution in [0, 0.1) is 5.82 Å². The van der Waals surface area contributed by atoms with E-state index >= 15 is 0 Å². The molecule has 0 N–H and O–H groups in total. The third-order valence-corrected chi connectivity index (χ3v) is 4.45. The summed E-state index contributed by atoms with van der Waals surface area (Å²) in [6, 6.07) is 11.1. The molecule has 0 amide bonds. The maximum atomic E-state index is 13.5. The molecule has 21 heavy (non-hydrogen) atoms. The molecule has 0 aliphatic heterocycles. The molecule has 0 fully saturated rings. The average Bonchev–Trinajstić information content (AvgIpc) is 2.52. The first kappa shape index (κ1) is 16.0. The van der Waals surface area contributed by atoms with E-state index in [0.717, 1.165) is 30.4 Å². The number of rotatable bonds is 5. The van der Waals surface area contributed by atoms with Crippen LogP contribution in [-0.4, -0.2) is 0 Å². The van der Waals surface area contributed by atoms with E-state index in [-0.39, 0.29) is 11.2 Å². The van der Waals surface area contributed by atoms with Crippen molar-refractivity contribution in [1.82, 2.24) is 0 Å². The average molecular weight is 305 g/mol. The first-order valence-electron chi connectivity index (χ1n) is 7.64. The van der Waals surface area contributed by atoms with Crippen LogP contribution in [0.4, 0.5) is 4.39 Å². The number of benzene rings is 2. The Kier molecular flexibility index (Phi) is 5.41. The second-order valence-corrected chi connectivity index (χ2v) is 5.74. The molecule has 0 spiro atoms. The van der Waals surface area contributed by atoms with Crippen LogP contribution in [-0.2, 0) is 19.3 Å². The van der Waals surface area contributed by atoms with Crippen molar-refractivity contribution < 1.29 is 4.39 Å². The SMILES string of the molecule is CCc1cc(CC)c(C(Cl)c2cccc(F)c2)c(CC)c1. The van der Waals surface area contributed by atoms with Crippen molar-refractivity contribution >= 4 is 11.6 Å². The highest BCUT2D eigenvalue weighted by Gasteiger charge is 2.19. The number of hydrogen-bond acceptors (Lipinski definition) is 0. The zero-order valence-electron chi connectivity index (χ0n) is 12.9. The lowest BCUT2D eigenvalue weighted by atomic mass is 9.89. The van der Waals surface area contributed by atoms with Crippen LogP contribution >= 0.6 is 11.6 Å². The number of hydrogen-bond donors (Lipinski definition) is 0. The molecule has 2 aromatic carbocycles. The summed E-state index contributed by atoms with van der Waals surface area (Å²) < 4.78 is 13.5. The van der Waals surface area contributed by atoms with Crippen molar-refractivity contribution in [1.29, 1.82) is 0 Å². The minimum atomic E-state index is -0.295. The van der Waals surface area contributed by atoms with E-state index < -0.39 is 0 Å². The van der Waals surface area contributed by atoms with Crippen molar-refractivity contribution in [2.75, 3.05) is 0 Å². The fourth-order valence-electron chi connectivity index (χ4n) is 2.80. The summed E-state index contributed by atoms with van der Waals surface area (Å²) in [5.74, 6) is -0.237. The minimum Gasteiger partial charge on any atom is -0.207 e. The second kappa shape index (κ2) is 7.09. The molecule has 0 aliphatic rings. The zero-order valence-corrected chi connectivity index (χ0v) is 13.7. The highest BCUT2D eigenvalue weighted by Crippen LogP contribution is 2.35. The molecule has 0 aliphatic carbocycles. The molecule has 0 bridgehead atoms. The Morgan fingerprint density at radius 1 is 0.952 bits per heavy atom. The third kappa shape index (κ3) is 3.47. The quantitative estimate of drug-likeness (QED) is 0.609. The normalized spacial score (nSPS) is 12.4. The van der Waals surface area contributed by atoms with Crippen LogP contribution in [0.15, 0.2) is 36.4 Å². The van der Waals surface area contributed by atoms with Gasteiger partial charge in [-0.2, -0.15) is 0 Å². The van der Waals surface area contributed by atoms with Gasteiger partial charge in [0.05, 0.1) is 5.38 Å². The minimum absolute atomic E-state index is 0.237. The Labute approximate surface area is 132 Å². The van der Waals surface area contributed by atoms with E-state index in [1.54, 1.807) is 6.07 Å². The molecule has 0 nitrogen and oxygen atoms in total. The maximum absolute atomic E-state index is 13.5. The topological polar surface area (TPSA) is 0 Å². The number of halogens is 2. The standard InChI is InChI=1S/C19H22ClF/c1-4-13-10-14(5-2)18(15(6-3)11-13)19(20)16-8-7-9-17(21)12-16/h7-12,19H,4-6H2,1-3H3. The fraction of sp³-hybridized carbons (Fsp3) is 0.368. The maximum Gasteiger partial charge on any atom is 0.123 e. The van der Waals surface area contributed by atoms with Crippen LogP contribution in [0.1, 0.15) is 54.0 Å². The number of aryl methyl sites for hydroxylation is 3. The summed E-state index contributed by atoms with van der Waals surface area (Å²) in [6.07, 6.45) is 2.90. The third-order valence-electron chi connectivity index (χ3n) is 3.98. The summed E-state index contributed by atoms with van der Waals surface area (Å²) >= 11 is 6.70. The van der Waals surface area contributed by atoms with Crippen LogP contribution in [0.25, 0.3) is 0 Å². The zero-order chi connectivity index (χ0) is 15.4. The van der Waals surface area contributed by atoms with Crippen molar-refractivity contribution in [3.05, 3.63) is 70.0 Å². The van der Waals surface area contributed by atoms with E-state index in [1.165, 1.54) is 28.8 Å². The van der Waals surface area contributed by atoms with E-state index in [1.807, 2.05) is 6.07 Å². The monoisotopic (exact) mass is 304 g/mol. The highest BCUT2D eigenvalue weighted by atomic mass is 35.5. The summed E-state index contributed by atoms with van der Waals surface area (Å²) in [4.78, 5) is 0. The number of alkyl halides is 1. The van der Waals surface area contributed by atoms with Crippen molar-refractivity contribution in [3.63, 3.8) is 0 Å². The summed E-state index contributed by atoms with van der Waals surface area (Å²) in [6.45, 7) is 6.46. The van der Waals surface area contributed by atoms with Gasteiger partial charge in [-0.15, -0.1) is 11.6 Å². The van der Waals surface area contributed by atoms with Gasteiger partial charge in [0.1, 0.15) is 5.82 Å². The molecule has 0 heterocycles. The van der Waals surface area contributed by atoms with Crippen LogP contribution < -0.4 is 0 Å². The van der Waals surface area contributed by atoms with Gasteiger partial charge >= 0.3 is 0 Å². The van der Waals surface area contributed by atoms with Gasteiger partial charge in [-0.05, 0) is 59.2 Å². The van der Waals surface area contributed by atoms with E-state index in [2.05, 4.69) is 32.9 Å². The van der Waals surface area contributed by atoms with Gasteiger partial charge in [0.25, 0.3) is 0 Å². The molecule has 0 saturated heterocycles. The molecule has 0 aromatic heterocycles. The molecule has 2 heteroatoms. The van der Waals surface area contributed by atoms with Crippen molar-refractivity contribution in [3.8, 4) is 0 Å². The Bertz CT molecular complexity index is 594. The Hall–Kier alpha value is -1.34. The van der Waals surface area contributed by atoms with Gasteiger partial charge < -0.3 is 0 Å². The predicted molar refractivity (Wildman–Crippen MR) is 88.7 cm³/mol. The Balaban J connectivity index is 2.55. The molecule has 2 rings (SSSR count). The van der Waals surface area contributed by atoms with Crippen LogP contribution in [0.5, 0.6) is 0 Å². The Morgan fingerprint density at radius 2 is 1.57 bits per heavy atom. The molecular formula is C19H22ClF. The van der Waals surface area contributed by atoms with Crippen molar-refractivity contribution in [2.45, 2.75) is 45.4 Å². The highest BCUT2D eigenvalue weighted by molar-refractivity contribution is 6.22. The molecular weight excluding hydrogens is 283 g/mol. The van der Waals surface area contributed by atoms with Gasteiger partial charge in [-0.25, -0.2) is 4.39 Å². The van der Waals surface area contributed by atoms with Gasteiger partial charge in [0, 0.05) is 0 Å². The summed E-state index contributed by atoms with van der Waals surface area (Å²) in [5.41, 5.74) is 5.87. The van der Waals surface area contributed by atoms with Crippen LogP contribution in [0.2, 0.25) is 0 Å². The smallest absolute Gasteiger partial charge is 0.123 e. The molecule has 0 radical (unpaired) electrons. The van der Waals surface area contributed by atoms with E-state index in [4.69, 9.17) is 11.6 Å². The predicted octanol–water partition coefficient (Wildman–Crippen LogP) is 5.84. The van der Waals surface area contributed by atoms with Gasteiger partial charge in [0.2, 0.25) is 0 Å². The first-order chi connectivity index (χ1) is 10.1. The van der Waals surface area contributed by atoms with Gasteiger partial charge in [-0.3, -0.25) is 0 Å². The second-order valence-electron chi connectivity index (χ2n) is 5.31. The largest absolute Gasteiger partial charge is 0.207 e. The first-order valence-corrected chi connectivity index (χ1v) is 8.08. The van der Waals surface area contributed by atoms with Gasteiger partial charge in [-0.1, -0.05) is 45.0 Å². The molecule has 112 valence electrons. The summed E-state index contributed by atoms with van der Waals surface area (Å²) in [7, 11) is 0. The molecule has 0 saturated carbocycles. The van der Waals surface area contributed by atoms with E-state index in [0.29, 0.717) is 0 Å². The Morgan fingerprint density at radius 3 is 2.05 bits per heavy atom. The van der Waals surface area contributed by atoms with Crippen molar-refractivity contribution in [2.24, 2.45) is 0 Å². The molecule has 2 aromatic rings.